The molecule has 0 aromatic rings. The smallest absolute Gasteiger partial charge is 0.328 e. The van der Waals surface area contributed by atoms with E-state index in [2.05, 4.69) is 32.1 Å². The number of hydrogen-bond acceptors (Lipinski definition) is 2. The van der Waals surface area contributed by atoms with Crippen molar-refractivity contribution in [2.75, 3.05) is 0 Å². The van der Waals surface area contributed by atoms with Crippen LogP contribution in [0.1, 0.15) is 26.7 Å². The van der Waals surface area contributed by atoms with Gasteiger partial charge in [0.1, 0.15) is 0 Å². The summed E-state index contributed by atoms with van der Waals surface area (Å²) in [6, 6.07) is 0. The van der Waals surface area contributed by atoms with Gasteiger partial charge in [-0.1, -0.05) is 44.2 Å². The molecule has 0 aromatic carbocycles. The van der Waals surface area contributed by atoms with Gasteiger partial charge < -0.3 is 10.2 Å². The van der Waals surface area contributed by atoms with Crippen molar-refractivity contribution in [3.8, 4) is 0 Å². The summed E-state index contributed by atoms with van der Waals surface area (Å²) in [6.45, 7) is 4.31. The minimum absolute atomic E-state index is 0.245. The summed E-state index contributed by atoms with van der Waals surface area (Å²) in [5.74, 6) is -0.0681. The molecule has 0 aliphatic heterocycles. The van der Waals surface area contributed by atoms with Gasteiger partial charge in [-0.3, -0.25) is 4.79 Å². The van der Waals surface area contributed by atoms with Crippen LogP contribution in [0.15, 0.2) is 36.5 Å². The van der Waals surface area contributed by atoms with Crippen LogP contribution in [-0.4, -0.2) is 22.2 Å². The van der Waals surface area contributed by atoms with Crippen LogP contribution in [0.5, 0.6) is 0 Å². The summed E-state index contributed by atoms with van der Waals surface area (Å²) in [5, 5.41) is 17.9. The zero-order chi connectivity index (χ0) is 16.3. The monoisotopic (exact) mass is 304 g/mol. The molecule has 0 heterocycles. The average Bonchev–Trinajstić information content (AvgIpc) is 2.45. The van der Waals surface area contributed by atoms with Gasteiger partial charge in [0.15, 0.2) is 0 Å². The quantitative estimate of drug-likeness (QED) is 0.474. The number of carboxylic acid groups (broad SMARTS) is 2. The fourth-order valence-electron chi connectivity index (χ4n) is 4.11. The third-order valence-corrected chi connectivity index (χ3v) is 5.11. The van der Waals surface area contributed by atoms with E-state index in [0.29, 0.717) is 36.0 Å². The van der Waals surface area contributed by atoms with E-state index in [1.54, 1.807) is 6.08 Å². The summed E-state index contributed by atoms with van der Waals surface area (Å²) in [6.07, 6.45) is 12.4. The number of hydrogen-bond donors (Lipinski definition) is 2. The van der Waals surface area contributed by atoms with Crippen LogP contribution in [-0.2, 0) is 9.59 Å². The summed E-state index contributed by atoms with van der Waals surface area (Å²) in [5.41, 5.74) is 0. The highest BCUT2D eigenvalue weighted by molar-refractivity contribution is 5.80. The number of fused-ring (bicyclic) bond motifs is 1. The molecule has 0 saturated heterocycles. The highest BCUT2D eigenvalue weighted by Crippen LogP contribution is 2.48. The minimum Gasteiger partial charge on any atom is -0.481 e. The molecule has 0 bridgehead atoms. The van der Waals surface area contributed by atoms with Gasteiger partial charge in [-0.2, -0.15) is 0 Å². The Bertz CT molecular complexity index is 517. The van der Waals surface area contributed by atoms with Crippen molar-refractivity contribution in [2.24, 2.45) is 35.5 Å². The zero-order valence-electron chi connectivity index (χ0n) is 13.1. The lowest BCUT2D eigenvalue weighted by Gasteiger charge is -2.45. The second-order valence-electron chi connectivity index (χ2n) is 6.63. The van der Waals surface area contributed by atoms with Crippen LogP contribution in [0.4, 0.5) is 0 Å². The van der Waals surface area contributed by atoms with Gasteiger partial charge in [-0.15, -0.1) is 0 Å². The molecule has 22 heavy (non-hydrogen) atoms. The lowest BCUT2D eigenvalue weighted by molar-refractivity contribution is -0.145. The van der Waals surface area contributed by atoms with E-state index in [9.17, 15) is 14.7 Å². The molecule has 2 rings (SSSR count). The van der Waals surface area contributed by atoms with Gasteiger partial charge in [-0.25, -0.2) is 4.79 Å². The number of allylic oxidation sites excluding steroid dienone is 5. The molecular weight excluding hydrogens is 280 g/mol. The van der Waals surface area contributed by atoms with E-state index in [1.165, 1.54) is 0 Å². The van der Waals surface area contributed by atoms with E-state index in [1.807, 2.05) is 6.08 Å². The molecule has 2 aliphatic rings. The van der Waals surface area contributed by atoms with E-state index >= 15 is 0 Å². The fraction of sp³-hybridized carbons (Fsp3) is 0.556. The molecule has 0 radical (unpaired) electrons. The van der Waals surface area contributed by atoms with Crippen LogP contribution < -0.4 is 0 Å². The Labute approximate surface area is 131 Å². The molecule has 0 aromatic heterocycles. The van der Waals surface area contributed by atoms with Crippen molar-refractivity contribution >= 4 is 11.9 Å². The fourth-order valence-corrected chi connectivity index (χ4v) is 4.11. The number of carboxylic acids is 2. The SMILES string of the molecule is CC1C=CC2CC(C(=O)O)CC(C)C2C1C=CC=CC(=O)O. The third-order valence-electron chi connectivity index (χ3n) is 5.11. The Morgan fingerprint density at radius 1 is 1.09 bits per heavy atom. The molecule has 0 amide bonds. The zero-order valence-corrected chi connectivity index (χ0v) is 13.1. The van der Waals surface area contributed by atoms with Gasteiger partial charge in [0, 0.05) is 6.08 Å². The van der Waals surface area contributed by atoms with E-state index in [4.69, 9.17) is 5.11 Å². The van der Waals surface area contributed by atoms with Crippen LogP contribution in [0.25, 0.3) is 0 Å². The molecule has 1 saturated carbocycles. The van der Waals surface area contributed by atoms with Crippen LogP contribution in [0, 0.1) is 35.5 Å². The second kappa shape index (κ2) is 6.95. The molecule has 6 unspecified atom stereocenters. The van der Waals surface area contributed by atoms with Gasteiger partial charge in [0.05, 0.1) is 5.92 Å². The van der Waals surface area contributed by atoms with Crippen molar-refractivity contribution in [1.29, 1.82) is 0 Å². The number of carbonyl (C=O) groups is 2. The highest BCUT2D eigenvalue weighted by atomic mass is 16.4. The first-order valence-corrected chi connectivity index (χ1v) is 7.89. The Morgan fingerprint density at radius 3 is 2.45 bits per heavy atom. The number of rotatable bonds is 4. The topological polar surface area (TPSA) is 74.6 Å². The summed E-state index contributed by atoms with van der Waals surface area (Å²) >= 11 is 0. The predicted molar refractivity (Wildman–Crippen MR) is 84.2 cm³/mol. The maximum absolute atomic E-state index is 11.3. The minimum atomic E-state index is -0.950. The Kier molecular flexibility index (Phi) is 5.22. The molecule has 2 aliphatic carbocycles. The van der Waals surface area contributed by atoms with Crippen molar-refractivity contribution < 1.29 is 19.8 Å². The van der Waals surface area contributed by atoms with Crippen LogP contribution >= 0.6 is 0 Å². The maximum atomic E-state index is 11.3. The van der Waals surface area contributed by atoms with Crippen LogP contribution in [0.3, 0.4) is 0 Å². The van der Waals surface area contributed by atoms with Gasteiger partial charge in [-0.05, 0) is 42.4 Å². The van der Waals surface area contributed by atoms with Gasteiger partial charge in [0.2, 0.25) is 0 Å². The van der Waals surface area contributed by atoms with Crippen molar-refractivity contribution in [2.45, 2.75) is 26.7 Å². The third kappa shape index (κ3) is 3.67. The largest absolute Gasteiger partial charge is 0.481 e. The first kappa shape index (κ1) is 16.5. The first-order valence-electron chi connectivity index (χ1n) is 7.89. The van der Waals surface area contributed by atoms with Gasteiger partial charge >= 0.3 is 11.9 Å². The van der Waals surface area contributed by atoms with Crippen molar-refractivity contribution in [3.05, 3.63) is 36.5 Å². The summed E-state index contributed by atoms with van der Waals surface area (Å²) in [7, 11) is 0. The molecule has 6 atom stereocenters. The molecular formula is C18H24O4. The Morgan fingerprint density at radius 2 is 1.82 bits per heavy atom. The Balaban J connectivity index is 2.16. The second-order valence-corrected chi connectivity index (χ2v) is 6.63. The lowest BCUT2D eigenvalue weighted by atomic mass is 9.59. The van der Waals surface area contributed by atoms with E-state index in [-0.39, 0.29) is 5.92 Å². The first-order chi connectivity index (χ1) is 10.4. The lowest BCUT2D eigenvalue weighted by Crippen LogP contribution is -2.41. The molecule has 4 heteroatoms. The average molecular weight is 304 g/mol. The molecule has 0 spiro atoms. The Hall–Kier alpha value is -1.84. The van der Waals surface area contributed by atoms with Crippen molar-refractivity contribution in [3.63, 3.8) is 0 Å². The van der Waals surface area contributed by atoms with Crippen LogP contribution in [0.2, 0.25) is 0 Å². The normalized spacial score (nSPS) is 38.3. The predicted octanol–water partition coefficient (Wildman–Crippen LogP) is 3.37. The van der Waals surface area contributed by atoms with E-state index in [0.717, 1.165) is 12.5 Å². The van der Waals surface area contributed by atoms with Crippen molar-refractivity contribution in [1.82, 2.24) is 0 Å². The molecule has 120 valence electrons. The standard InChI is InChI=1S/C18H24O4/c1-11-7-8-13-10-14(18(21)22)9-12(2)17(13)15(11)5-3-4-6-16(19)20/h3-8,11-15,17H,9-10H2,1-2H3,(H,19,20)(H,21,22). The molecule has 4 nitrogen and oxygen atoms in total. The molecule has 2 N–H and O–H groups in total. The summed E-state index contributed by atoms with van der Waals surface area (Å²) in [4.78, 5) is 21.8. The number of aliphatic carboxylic acids is 2. The summed E-state index contributed by atoms with van der Waals surface area (Å²) < 4.78 is 0. The van der Waals surface area contributed by atoms with E-state index < -0.39 is 11.9 Å². The van der Waals surface area contributed by atoms with Gasteiger partial charge in [0.25, 0.3) is 0 Å². The maximum Gasteiger partial charge on any atom is 0.328 e. The highest BCUT2D eigenvalue weighted by Gasteiger charge is 2.43. The molecule has 1 fully saturated rings.